The van der Waals surface area contributed by atoms with Crippen LogP contribution in [-0.4, -0.2) is 36.5 Å². The smallest absolute Gasteiger partial charge is 0.339 e. The first-order valence-electron chi connectivity index (χ1n) is 7.11. The molecule has 1 saturated carbocycles. The van der Waals surface area contributed by atoms with Crippen molar-refractivity contribution in [3.05, 3.63) is 23.8 Å². The molecule has 1 fully saturated rings. The fourth-order valence-corrected chi connectivity index (χ4v) is 2.03. The van der Waals surface area contributed by atoms with E-state index in [4.69, 9.17) is 9.47 Å². The number of anilines is 1. The maximum Gasteiger partial charge on any atom is 0.339 e. The summed E-state index contributed by atoms with van der Waals surface area (Å²) in [4.78, 5) is 35.0. The number of hydrogen-bond donors (Lipinski definition) is 2. The van der Waals surface area contributed by atoms with Crippen molar-refractivity contribution < 1.29 is 23.9 Å². The van der Waals surface area contributed by atoms with Crippen LogP contribution in [0.5, 0.6) is 5.75 Å². The van der Waals surface area contributed by atoms with Gasteiger partial charge in [-0.05, 0) is 38.0 Å². The van der Waals surface area contributed by atoms with Crippen LogP contribution in [0, 0.1) is 0 Å². The first kappa shape index (κ1) is 14.4. The lowest BCUT2D eigenvalue weighted by atomic mass is 10.1. The number of benzene rings is 1. The van der Waals surface area contributed by atoms with Gasteiger partial charge in [-0.25, -0.2) is 4.79 Å². The van der Waals surface area contributed by atoms with Gasteiger partial charge in [0.2, 0.25) is 0 Å². The third-order valence-corrected chi connectivity index (χ3v) is 3.43. The van der Waals surface area contributed by atoms with Gasteiger partial charge < -0.3 is 20.1 Å². The van der Waals surface area contributed by atoms with E-state index >= 15 is 0 Å². The molecule has 0 spiro atoms. The summed E-state index contributed by atoms with van der Waals surface area (Å²) in [5, 5.41) is 5.41. The molecule has 7 heteroatoms. The average molecular weight is 304 g/mol. The average Bonchev–Trinajstić information content (AvgIpc) is 3.30. The SMILES string of the molecule is CC(OC(=O)c1ccc2c(c1)OCC(=O)N2)C(=O)NC1CC1. The zero-order chi connectivity index (χ0) is 15.7. The number of rotatable bonds is 4. The Balaban J connectivity index is 1.64. The number of nitrogens with one attached hydrogen (secondary N) is 2. The molecule has 3 rings (SSSR count). The molecular weight excluding hydrogens is 288 g/mol. The summed E-state index contributed by atoms with van der Waals surface area (Å²) in [5.74, 6) is -0.739. The lowest BCUT2D eigenvalue weighted by Gasteiger charge is -2.18. The van der Waals surface area contributed by atoms with Crippen LogP contribution >= 0.6 is 0 Å². The fourth-order valence-electron chi connectivity index (χ4n) is 2.03. The van der Waals surface area contributed by atoms with Gasteiger partial charge in [0, 0.05) is 6.04 Å². The number of amides is 2. The molecule has 116 valence electrons. The first-order chi connectivity index (χ1) is 10.5. The van der Waals surface area contributed by atoms with Gasteiger partial charge in [0.15, 0.2) is 12.7 Å². The van der Waals surface area contributed by atoms with Crippen molar-refractivity contribution in [1.29, 1.82) is 0 Å². The van der Waals surface area contributed by atoms with E-state index in [0.717, 1.165) is 12.8 Å². The predicted octanol–water partition coefficient (Wildman–Crippen LogP) is 0.841. The zero-order valence-electron chi connectivity index (χ0n) is 12.0. The Kier molecular flexibility index (Phi) is 3.70. The lowest BCUT2D eigenvalue weighted by Crippen LogP contribution is -2.37. The van der Waals surface area contributed by atoms with Crippen LogP contribution in [0.2, 0.25) is 0 Å². The molecule has 0 bridgehead atoms. The molecule has 2 N–H and O–H groups in total. The summed E-state index contributed by atoms with van der Waals surface area (Å²) in [6, 6.07) is 4.79. The van der Waals surface area contributed by atoms with Gasteiger partial charge in [0.25, 0.3) is 11.8 Å². The monoisotopic (exact) mass is 304 g/mol. The van der Waals surface area contributed by atoms with Crippen LogP contribution < -0.4 is 15.4 Å². The Morgan fingerprint density at radius 2 is 2.18 bits per heavy atom. The number of carbonyl (C=O) groups is 3. The highest BCUT2D eigenvalue weighted by molar-refractivity contribution is 5.98. The third-order valence-electron chi connectivity index (χ3n) is 3.43. The van der Waals surface area contributed by atoms with E-state index in [-0.39, 0.29) is 30.0 Å². The number of esters is 1. The van der Waals surface area contributed by atoms with Crippen LogP contribution in [-0.2, 0) is 14.3 Å². The van der Waals surface area contributed by atoms with Gasteiger partial charge in [0.05, 0.1) is 11.3 Å². The summed E-state index contributed by atoms with van der Waals surface area (Å²) in [5.41, 5.74) is 0.772. The van der Waals surface area contributed by atoms with E-state index in [1.54, 1.807) is 6.07 Å². The first-order valence-corrected chi connectivity index (χ1v) is 7.11. The molecule has 1 aromatic carbocycles. The summed E-state index contributed by atoms with van der Waals surface area (Å²) in [6.45, 7) is 1.44. The molecule has 0 radical (unpaired) electrons. The topological polar surface area (TPSA) is 93.7 Å². The van der Waals surface area contributed by atoms with Gasteiger partial charge in [0.1, 0.15) is 5.75 Å². The molecule has 1 aliphatic carbocycles. The predicted molar refractivity (Wildman–Crippen MR) is 76.6 cm³/mol. The standard InChI is InChI=1S/C15H16N2O5/c1-8(14(19)16-10-3-4-10)22-15(20)9-2-5-11-12(6-9)21-7-13(18)17-11/h2,5-6,8,10H,3-4,7H2,1H3,(H,16,19)(H,17,18). The largest absolute Gasteiger partial charge is 0.482 e. The molecule has 1 aromatic rings. The van der Waals surface area contributed by atoms with Crippen LogP contribution in [0.4, 0.5) is 5.69 Å². The number of fused-ring (bicyclic) bond motifs is 1. The molecule has 1 aliphatic heterocycles. The normalized spacial score (nSPS) is 17.6. The molecule has 2 amide bonds. The Morgan fingerprint density at radius 1 is 1.41 bits per heavy atom. The van der Waals surface area contributed by atoms with Crippen molar-refractivity contribution in [1.82, 2.24) is 5.32 Å². The van der Waals surface area contributed by atoms with Crippen LogP contribution in [0.3, 0.4) is 0 Å². The highest BCUT2D eigenvalue weighted by atomic mass is 16.5. The molecule has 0 aromatic heterocycles. The second-order valence-corrected chi connectivity index (χ2v) is 5.38. The van der Waals surface area contributed by atoms with E-state index in [9.17, 15) is 14.4 Å². The lowest BCUT2D eigenvalue weighted by molar-refractivity contribution is -0.129. The maximum absolute atomic E-state index is 12.1. The van der Waals surface area contributed by atoms with Crippen molar-refractivity contribution in [3.63, 3.8) is 0 Å². The van der Waals surface area contributed by atoms with Crippen LogP contribution in [0.15, 0.2) is 18.2 Å². The third kappa shape index (κ3) is 3.19. The van der Waals surface area contributed by atoms with E-state index < -0.39 is 12.1 Å². The van der Waals surface area contributed by atoms with Gasteiger partial charge in [-0.1, -0.05) is 0 Å². The summed E-state index contributed by atoms with van der Waals surface area (Å²) < 4.78 is 10.4. The van der Waals surface area contributed by atoms with E-state index in [1.807, 2.05) is 0 Å². The van der Waals surface area contributed by atoms with Gasteiger partial charge in [-0.2, -0.15) is 0 Å². The molecule has 1 heterocycles. The van der Waals surface area contributed by atoms with Crippen molar-refractivity contribution in [2.45, 2.75) is 31.9 Å². The quantitative estimate of drug-likeness (QED) is 0.804. The zero-order valence-corrected chi connectivity index (χ0v) is 12.0. The molecule has 7 nitrogen and oxygen atoms in total. The van der Waals surface area contributed by atoms with Crippen molar-refractivity contribution in [3.8, 4) is 5.75 Å². The Bertz CT molecular complexity index is 639. The minimum absolute atomic E-state index is 0.0916. The summed E-state index contributed by atoms with van der Waals surface area (Å²) in [6.07, 6.45) is 1.09. The Morgan fingerprint density at radius 3 is 2.91 bits per heavy atom. The number of hydrogen-bond acceptors (Lipinski definition) is 5. The maximum atomic E-state index is 12.1. The highest BCUT2D eigenvalue weighted by Crippen LogP contribution is 2.28. The molecular formula is C15H16N2O5. The summed E-state index contributed by atoms with van der Waals surface area (Å²) >= 11 is 0. The number of ether oxygens (including phenoxy) is 2. The fraction of sp³-hybridized carbons (Fsp3) is 0.400. The minimum Gasteiger partial charge on any atom is -0.482 e. The van der Waals surface area contributed by atoms with Crippen molar-refractivity contribution >= 4 is 23.5 Å². The van der Waals surface area contributed by atoms with E-state index in [0.29, 0.717) is 11.4 Å². The Labute approximate surface area is 127 Å². The highest BCUT2D eigenvalue weighted by Gasteiger charge is 2.27. The van der Waals surface area contributed by atoms with E-state index in [1.165, 1.54) is 19.1 Å². The second-order valence-electron chi connectivity index (χ2n) is 5.38. The summed E-state index contributed by atoms with van der Waals surface area (Å²) in [7, 11) is 0. The van der Waals surface area contributed by atoms with Crippen molar-refractivity contribution in [2.24, 2.45) is 0 Å². The second kappa shape index (κ2) is 5.67. The Hall–Kier alpha value is -2.57. The number of carbonyl (C=O) groups excluding carboxylic acids is 3. The van der Waals surface area contributed by atoms with Gasteiger partial charge in [-0.15, -0.1) is 0 Å². The minimum atomic E-state index is -0.857. The van der Waals surface area contributed by atoms with Gasteiger partial charge >= 0.3 is 5.97 Å². The van der Waals surface area contributed by atoms with Gasteiger partial charge in [-0.3, -0.25) is 9.59 Å². The van der Waals surface area contributed by atoms with Crippen LogP contribution in [0.1, 0.15) is 30.1 Å². The molecule has 1 unspecified atom stereocenters. The van der Waals surface area contributed by atoms with Crippen molar-refractivity contribution in [2.75, 3.05) is 11.9 Å². The van der Waals surface area contributed by atoms with Crippen LogP contribution in [0.25, 0.3) is 0 Å². The molecule has 2 aliphatic rings. The van der Waals surface area contributed by atoms with E-state index in [2.05, 4.69) is 10.6 Å². The molecule has 22 heavy (non-hydrogen) atoms. The molecule has 0 saturated heterocycles. The molecule has 1 atom stereocenters.